The van der Waals surface area contributed by atoms with Crippen LogP contribution < -0.4 is 4.90 Å². The second-order valence-corrected chi connectivity index (χ2v) is 8.84. The van der Waals surface area contributed by atoms with Crippen LogP contribution in [0.3, 0.4) is 0 Å². The number of carbonyl (C=O) groups is 2. The lowest BCUT2D eigenvalue weighted by molar-refractivity contribution is -0.385. The highest BCUT2D eigenvalue weighted by Crippen LogP contribution is 2.45. The number of aliphatic hydroxyl groups is 2. The molecule has 2 aliphatic heterocycles. The SMILES string of the molecule is C[C@@H](/C=C/CC(=O)N1Cc2ccccc2C[C@H]1CO)[C@]1(O)C(=O)N(C)c2ccc([N+](=O)[O-])cc21. The molecule has 9 heteroatoms. The van der Waals surface area contributed by atoms with E-state index in [0.29, 0.717) is 18.7 Å². The second-order valence-electron chi connectivity index (χ2n) is 8.84. The number of aliphatic hydroxyl groups excluding tert-OH is 1. The van der Waals surface area contributed by atoms with E-state index in [1.165, 1.54) is 30.1 Å². The van der Waals surface area contributed by atoms with Crippen molar-refractivity contribution in [2.75, 3.05) is 18.6 Å². The van der Waals surface area contributed by atoms with Crippen LogP contribution in [0.5, 0.6) is 0 Å². The van der Waals surface area contributed by atoms with Crippen LogP contribution in [0.2, 0.25) is 0 Å². The van der Waals surface area contributed by atoms with Crippen LogP contribution in [0.15, 0.2) is 54.6 Å². The number of carbonyl (C=O) groups excluding carboxylic acids is 2. The first-order chi connectivity index (χ1) is 16.2. The number of hydrogen-bond donors (Lipinski definition) is 2. The Labute approximate surface area is 197 Å². The highest BCUT2D eigenvalue weighted by atomic mass is 16.6. The molecule has 9 nitrogen and oxygen atoms in total. The molecule has 0 bridgehead atoms. The van der Waals surface area contributed by atoms with E-state index >= 15 is 0 Å². The third-order valence-electron chi connectivity index (χ3n) is 6.86. The zero-order valence-corrected chi connectivity index (χ0v) is 19.0. The summed E-state index contributed by atoms with van der Waals surface area (Å²) >= 11 is 0. The summed E-state index contributed by atoms with van der Waals surface area (Å²) in [4.78, 5) is 39.4. The Kier molecular flexibility index (Phi) is 6.24. The van der Waals surface area contributed by atoms with Crippen molar-refractivity contribution >= 4 is 23.2 Å². The monoisotopic (exact) mass is 465 g/mol. The van der Waals surface area contributed by atoms with Gasteiger partial charge in [0.05, 0.1) is 23.3 Å². The molecule has 178 valence electrons. The van der Waals surface area contributed by atoms with E-state index in [4.69, 9.17) is 0 Å². The Morgan fingerprint density at radius 1 is 1.29 bits per heavy atom. The number of benzene rings is 2. The van der Waals surface area contributed by atoms with Gasteiger partial charge in [-0.05, 0) is 23.6 Å². The average Bonchev–Trinajstić information content (AvgIpc) is 3.04. The van der Waals surface area contributed by atoms with Gasteiger partial charge in [0.1, 0.15) is 0 Å². The predicted molar refractivity (Wildman–Crippen MR) is 125 cm³/mol. The van der Waals surface area contributed by atoms with Crippen molar-refractivity contribution in [2.24, 2.45) is 5.92 Å². The summed E-state index contributed by atoms with van der Waals surface area (Å²) in [5.74, 6) is -1.50. The van der Waals surface area contributed by atoms with Gasteiger partial charge in [0.15, 0.2) is 5.60 Å². The lowest BCUT2D eigenvalue weighted by Gasteiger charge is -2.36. The quantitative estimate of drug-likeness (QED) is 0.383. The van der Waals surface area contributed by atoms with Gasteiger partial charge in [-0.25, -0.2) is 0 Å². The molecule has 3 atom stereocenters. The molecule has 0 fully saturated rings. The molecular weight excluding hydrogens is 438 g/mol. The predicted octanol–water partition coefficient (Wildman–Crippen LogP) is 2.29. The maximum atomic E-state index is 12.9. The Morgan fingerprint density at radius 3 is 2.68 bits per heavy atom. The number of rotatable bonds is 6. The maximum Gasteiger partial charge on any atom is 0.269 e. The van der Waals surface area contributed by atoms with E-state index in [0.717, 1.165) is 11.1 Å². The second kappa shape index (κ2) is 9.00. The van der Waals surface area contributed by atoms with Crippen LogP contribution in [0.25, 0.3) is 0 Å². The van der Waals surface area contributed by atoms with Gasteiger partial charge in [-0.1, -0.05) is 43.3 Å². The van der Waals surface area contributed by atoms with Gasteiger partial charge in [0.2, 0.25) is 5.91 Å². The first-order valence-electron chi connectivity index (χ1n) is 11.1. The molecule has 0 saturated carbocycles. The van der Waals surface area contributed by atoms with Crippen molar-refractivity contribution in [3.63, 3.8) is 0 Å². The number of nitrogens with zero attached hydrogens (tertiary/aromatic N) is 3. The summed E-state index contributed by atoms with van der Waals surface area (Å²) in [5, 5.41) is 32.4. The molecule has 0 saturated heterocycles. The number of amides is 2. The number of anilines is 1. The Bertz CT molecular complexity index is 1180. The van der Waals surface area contributed by atoms with Crippen LogP contribution in [-0.4, -0.2) is 51.5 Å². The van der Waals surface area contributed by atoms with E-state index in [1.54, 1.807) is 24.0 Å². The average molecular weight is 466 g/mol. The van der Waals surface area contributed by atoms with Gasteiger partial charge in [-0.15, -0.1) is 0 Å². The van der Waals surface area contributed by atoms with E-state index in [9.17, 15) is 29.9 Å². The third-order valence-corrected chi connectivity index (χ3v) is 6.86. The fourth-order valence-corrected chi connectivity index (χ4v) is 4.83. The molecule has 2 aliphatic rings. The van der Waals surface area contributed by atoms with Gasteiger partial charge >= 0.3 is 0 Å². The summed E-state index contributed by atoms with van der Waals surface area (Å²) in [6.45, 7) is 1.90. The molecule has 34 heavy (non-hydrogen) atoms. The Hall–Kier alpha value is -3.56. The molecule has 0 unspecified atom stereocenters. The normalized spacial score (nSPS) is 22.6. The molecule has 0 spiro atoms. The summed E-state index contributed by atoms with van der Waals surface area (Å²) in [6.07, 6.45) is 3.80. The Morgan fingerprint density at radius 2 is 2.00 bits per heavy atom. The van der Waals surface area contributed by atoms with Crippen LogP contribution in [0.1, 0.15) is 30.0 Å². The summed E-state index contributed by atoms with van der Waals surface area (Å²) < 4.78 is 0. The lowest BCUT2D eigenvalue weighted by Crippen LogP contribution is -2.46. The van der Waals surface area contributed by atoms with E-state index in [2.05, 4.69) is 0 Å². The van der Waals surface area contributed by atoms with E-state index in [-0.39, 0.29) is 36.2 Å². The zero-order valence-electron chi connectivity index (χ0n) is 19.0. The number of likely N-dealkylation sites (N-methyl/N-ethyl adjacent to an activating group) is 1. The van der Waals surface area contributed by atoms with E-state index in [1.807, 2.05) is 24.3 Å². The summed E-state index contributed by atoms with van der Waals surface area (Å²) in [5.41, 5.74) is 0.552. The summed E-state index contributed by atoms with van der Waals surface area (Å²) in [7, 11) is 1.51. The molecule has 2 aromatic carbocycles. The number of nitro benzene ring substituents is 1. The van der Waals surface area contributed by atoms with Crippen LogP contribution in [0, 0.1) is 16.0 Å². The first kappa shape index (κ1) is 23.6. The van der Waals surface area contributed by atoms with Crippen LogP contribution >= 0.6 is 0 Å². The topological polar surface area (TPSA) is 124 Å². The van der Waals surface area contributed by atoms with Gasteiger partial charge < -0.3 is 20.0 Å². The van der Waals surface area contributed by atoms with Crippen molar-refractivity contribution in [1.29, 1.82) is 0 Å². The number of fused-ring (bicyclic) bond motifs is 2. The highest BCUT2D eigenvalue weighted by Gasteiger charge is 2.52. The molecule has 4 rings (SSSR count). The first-order valence-corrected chi connectivity index (χ1v) is 11.1. The molecule has 2 amide bonds. The van der Waals surface area contributed by atoms with Gasteiger partial charge in [0, 0.05) is 43.6 Å². The standard InChI is InChI=1S/C25H27N3O6/c1-16(25(32)21-13-19(28(33)34)10-11-22(21)26(2)24(25)31)6-5-9-23(30)27-14-18-8-4-3-7-17(18)12-20(27)15-29/h3-8,10-11,13,16,20,29,32H,9,12,14-15H2,1-2H3/b6-5+/t16-,20-,25+/m0/s1. The minimum Gasteiger partial charge on any atom is -0.394 e. The Balaban J connectivity index is 1.51. The fourth-order valence-electron chi connectivity index (χ4n) is 4.83. The number of hydrogen-bond acceptors (Lipinski definition) is 6. The van der Waals surface area contributed by atoms with Crippen molar-refractivity contribution in [1.82, 2.24) is 4.90 Å². The van der Waals surface area contributed by atoms with Gasteiger partial charge in [-0.2, -0.15) is 0 Å². The highest BCUT2D eigenvalue weighted by molar-refractivity contribution is 6.07. The molecular formula is C25H27N3O6. The number of non-ortho nitro benzene ring substituents is 1. The fraction of sp³-hybridized carbons (Fsp3) is 0.360. The summed E-state index contributed by atoms with van der Waals surface area (Å²) in [6, 6.07) is 11.5. The lowest BCUT2D eigenvalue weighted by atomic mass is 9.82. The smallest absolute Gasteiger partial charge is 0.269 e. The molecule has 2 aromatic rings. The molecule has 0 aliphatic carbocycles. The number of nitro groups is 1. The van der Waals surface area contributed by atoms with Crippen molar-refractivity contribution in [2.45, 2.75) is 38.0 Å². The minimum absolute atomic E-state index is 0.0327. The molecule has 2 heterocycles. The largest absolute Gasteiger partial charge is 0.394 e. The van der Waals surface area contributed by atoms with Gasteiger partial charge in [0.25, 0.3) is 11.6 Å². The van der Waals surface area contributed by atoms with Crippen LogP contribution in [-0.2, 0) is 28.2 Å². The van der Waals surface area contributed by atoms with Crippen molar-refractivity contribution in [3.8, 4) is 0 Å². The van der Waals surface area contributed by atoms with Gasteiger partial charge in [-0.3, -0.25) is 19.7 Å². The zero-order chi connectivity index (χ0) is 24.6. The van der Waals surface area contributed by atoms with Crippen molar-refractivity contribution in [3.05, 3.63) is 81.4 Å². The van der Waals surface area contributed by atoms with Crippen molar-refractivity contribution < 1.29 is 24.7 Å². The molecule has 0 aromatic heterocycles. The maximum absolute atomic E-state index is 12.9. The minimum atomic E-state index is -1.98. The molecule has 0 radical (unpaired) electrons. The third kappa shape index (κ3) is 3.86. The molecule has 2 N–H and O–H groups in total. The van der Waals surface area contributed by atoms with E-state index < -0.39 is 22.3 Å². The van der Waals surface area contributed by atoms with Crippen LogP contribution in [0.4, 0.5) is 11.4 Å².